The van der Waals surface area contributed by atoms with Crippen LogP contribution in [-0.4, -0.2) is 46.5 Å². The molecule has 0 aromatic heterocycles. The summed E-state index contributed by atoms with van der Waals surface area (Å²) in [7, 11) is 0. The highest BCUT2D eigenvalue weighted by Gasteiger charge is 2.49. The van der Waals surface area contributed by atoms with E-state index in [-0.39, 0.29) is 35.7 Å². The lowest BCUT2D eigenvalue weighted by molar-refractivity contribution is -0.144. The Morgan fingerprint density at radius 3 is 2.28 bits per heavy atom. The molecule has 1 fully saturated rings. The molecular weight excluding hydrogens is 454 g/mol. The van der Waals surface area contributed by atoms with Gasteiger partial charge in [0.2, 0.25) is 11.8 Å². The van der Waals surface area contributed by atoms with Crippen LogP contribution >= 0.6 is 0 Å². The number of hydrogen-bond acceptors (Lipinski definition) is 4. The highest BCUT2D eigenvalue weighted by Crippen LogP contribution is 2.41. The quantitative estimate of drug-likeness (QED) is 0.418. The van der Waals surface area contributed by atoms with Crippen molar-refractivity contribution in [3.63, 3.8) is 0 Å². The number of ether oxygens (including phenoxy) is 1. The molecule has 6 atom stereocenters. The Hall–Kier alpha value is -2.57. The van der Waals surface area contributed by atoms with E-state index >= 15 is 0 Å². The molecule has 0 radical (unpaired) electrons. The maximum atomic E-state index is 14.3. The summed E-state index contributed by atoms with van der Waals surface area (Å²) in [5.41, 5.74) is 1.12. The predicted octanol–water partition coefficient (Wildman–Crippen LogP) is 5.52. The molecule has 0 aliphatic heterocycles. The number of nitrogens with one attached hydrogen (secondary N) is 2. The van der Waals surface area contributed by atoms with Crippen LogP contribution in [0.15, 0.2) is 24.3 Å². The molecule has 6 unspecified atom stereocenters. The van der Waals surface area contributed by atoms with Gasteiger partial charge in [-0.25, -0.2) is 4.79 Å². The lowest BCUT2D eigenvalue weighted by Gasteiger charge is -2.37. The van der Waals surface area contributed by atoms with Crippen molar-refractivity contribution in [2.45, 2.75) is 118 Å². The van der Waals surface area contributed by atoms with Gasteiger partial charge in [-0.2, -0.15) is 0 Å². The van der Waals surface area contributed by atoms with Crippen LogP contribution in [0.25, 0.3) is 0 Å². The van der Waals surface area contributed by atoms with Gasteiger partial charge < -0.3 is 20.3 Å². The summed E-state index contributed by atoms with van der Waals surface area (Å²) in [6, 6.07) is 6.14. The zero-order valence-electron chi connectivity index (χ0n) is 23.7. The Kier molecular flexibility index (Phi) is 10.4. The van der Waals surface area contributed by atoms with Crippen molar-refractivity contribution in [1.29, 1.82) is 0 Å². The van der Waals surface area contributed by atoms with E-state index in [2.05, 4.69) is 24.5 Å². The van der Waals surface area contributed by atoms with E-state index < -0.39 is 23.8 Å². The Morgan fingerprint density at radius 1 is 1.14 bits per heavy atom. The van der Waals surface area contributed by atoms with Gasteiger partial charge in [-0.3, -0.25) is 9.59 Å². The molecule has 1 aliphatic carbocycles. The van der Waals surface area contributed by atoms with Gasteiger partial charge in [-0.15, -0.1) is 0 Å². The zero-order chi connectivity index (χ0) is 27.2. The molecule has 0 heterocycles. The third-order valence-electron chi connectivity index (χ3n) is 6.82. The summed E-state index contributed by atoms with van der Waals surface area (Å²) < 4.78 is 5.48. The first-order chi connectivity index (χ1) is 16.8. The second-order valence-corrected chi connectivity index (χ2v) is 11.6. The van der Waals surface area contributed by atoms with Crippen LogP contribution in [0.4, 0.5) is 4.79 Å². The Morgan fingerprint density at radius 2 is 1.78 bits per heavy atom. The maximum absolute atomic E-state index is 14.3. The normalized spacial score (nSPS) is 20.5. The fourth-order valence-electron chi connectivity index (χ4n) is 4.56. The van der Waals surface area contributed by atoms with E-state index in [0.717, 1.165) is 30.4 Å². The summed E-state index contributed by atoms with van der Waals surface area (Å²) in [5.74, 6) is -0.286. The monoisotopic (exact) mass is 501 g/mol. The van der Waals surface area contributed by atoms with Gasteiger partial charge in [0.15, 0.2) is 0 Å². The van der Waals surface area contributed by atoms with Crippen molar-refractivity contribution in [3.8, 4) is 0 Å². The van der Waals surface area contributed by atoms with Crippen molar-refractivity contribution in [3.05, 3.63) is 35.4 Å². The van der Waals surface area contributed by atoms with Crippen LogP contribution in [0.3, 0.4) is 0 Å². The topological polar surface area (TPSA) is 87.7 Å². The highest BCUT2D eigenvalue weighted by molar-refractivity contribution is 5.93. The number of aryl methyl sites for hydroxylation is 1. The zero-order valence-corrected chi connectivity index (χ0v) is 23.7. The molecule has 1 saturated carbocycles. The number of amides is 3. The Bertz CT molecular complexity index is 910. The van der Waals surface area contributed by atoms with E-state index in [1.165, 1.54) is 0 Å². The highest BCUT2D eigenvalue weighted by atomic mass is 16.6. The van der Waals surface area contributed by atoms with Gasteiger partial charge >= 0.3 is 6.09 Å². The van der Waals surface area contributed by atoms with Gasteiger partial charge in [0.1, 0.15) is 17.7 Å². The summed E-state index contributed by atoms with van der Waals surface area (Å²) in [6.45, 7) is 17.5. The van der Waals surface area contributed by atoms with Gasteiger partial charge in [0.25, 0.3) is 0 Å². The van der Waals surface area contributed by atoms with Crippen molar-refractivity contribution >= 4 is 17.9 Å². The minimum atomic E-state index is -0.800. The average molecular weight is 502 g/mol. The molecular formula is C29H47N3O4. The molecule has 7 heteroatoms. The maximum Gasteiger partial charge on any atom is 0.408 e. The van der Waals surface area contributed by atoms with E-state index in [1.807, 2.05) is 52.0 Å². The van der Waals surface area contributed by atoms with Crippen molar-refractivity contribution in [2.75, 3.05) is 0 Å². The number of carbonyl (C=O) groups is 3. The van der Waals surface area contributed by atoms with Crippen molar-refractivity contribution in [1.82, 2.24) is 15.5 Å². The standard InChI is InChI=1S/C29H47N3O4/c1-10-13-21(6)30-26(33)25(22-15-12-14-18(3)16-22)32(23-17-20(23)5)27(34)24(19(4)11-2)31-28(35)36-29(7,8)9/h12,14-16,19-21,23-25H,10-11,13,17H2,1-9H3,(H,30,33)(H,31,35). The van der Waals surface area contributed by atoms with Crippen LogP contribution in [0, 0.1) is 18.8 Å². The van der Waals surface area contributed by atoms with Gasteiger partial charge in [0, 0.05) is 12.1 Å². The SMILES string of the molecule is CCCC(C)NC(=O)C(c1cccc(C)c1)N(C(=O)C(NC(=O)OC(C)(C)C)C(C)CC)C1CC1C. The van der Waals surface area contributed by atoms with Gasteiger partial charge in [0.05, 0.1) is 0 Å². The third-order valence-corrected chi connectivity index (χ3v) is 6.82. The molecule has 0 bridgehead atoms. The van der Waals surface area contributed by atoms with Crippen LogP contribution in [0.1, 0.15) is 98.2 Å². The molecule has 1 aromatic rings. The molecule has 7 nitrogen and oxygen atoms in total. The van der Waals surface area contributed by atoms with E-state index in [0.29, 0.717) is 6.42 Å². The summed E-state index contributed by atoms with van der Waals surface area (Å²) in [4.78, 5) is 42.5. The predicted molar refractivity (Wildman–Crippen MR) is 143 cm³/mol. The Balaban J connectivity index is 2.50. The molecule has 2 rings (SSSR count). The van der Waals surface area contributed by atoms with Crippen LogP contribution in [0.2, 0.25) is 0 Å². The first-order valence-corrected chi connectivity index (χ1v) is 13.5. The summed E-state index contributed by atoms with van der Waals surface area (Å²) >= 11 is 0. The number of alkyl carbamates (subject to hydrolysis) is 1. The second-order valence-electron chi connectivity index (χ2n) is 11.6. The van der Waals surface area contributed by atoms with Gasteiger partial charge in [-0.05, 0) is 64.9 Å². The molecule has 202 valence electrons. The number of benzene rings is 1. The van der Waals surface area contributed by atoms with E-state index in [9.17, 15) is 14.4 Å². The molecule has 0 spiro atoms. The molecule has 1 aliphatic rings. The Labute approximate surface area is 217 Å². The van der Waals surface area contributed by atoms with Gasteiger partial charge in [-0.1, -0.05) is 70.4 Å². The fraction of sp³-hybridized carbons (Fsp3) is 0.690. The lowest BCUT2D eigenvalue weighted by atomic mass is 9.95. The molecule has 3 amide bonds. The molecule has 0 saturated heterocycles. The fourth-order valence-corrected chi connectivity index (χ4v) is 4.56. The lowest BCUT2D eigenvalue weighted by Crippen LogP contribution is -2.56. The van der Waals surface area contributed by atoms with Crippen molar-refractivity contribution in [2.24, 2.45) is 11.8 Å². The van der Waals surface area contributed by atoms with Crippen LogP contribution in [-0.2, 0) is 14.3 Å². The van der Waals surface area contributed by atoms with Crippen LogP contribution < -0.4 is 10.6 Å². The van der Waals surface area contributed by atoms with Crippen LogP contribution in [0.5, 0.6) is 0 Å². The number of rotatable bonds is 11. The second kappa shape index (κ2) is 12.6. The van der Waals surface area contributed by atoms with Crippen molar-refractivity contribution < 1.29 is 19.1 Å². The number of hydrogen-bond donors (Lipinski definition) is 2. The molecule has 36 heavy (non-hydrogen) atoms. The number of nitrogens with zero attached hydrogens (tertiary/aromatic N) is 1. The molecule has 1 aromatic carbocycles. The first-order valence-electron chi connectivity index (χ1n) is 13.5. The third kappa shape index (κ3) is 8.24. The van der Waals surface area contributed by atoms with E-state index in [4.69, 9.17) is 4.74 Å². The van der Waals surface area contributed by atoms with E-state index in [1.54, 1.807) is 25.7 Å². The smallest absolute Gasteiger partial charge is 0.408 e. The largest absolute Gasteiger partial charge is 0.444 e. The number of carbonyl (C=O) groups excluding carboxylic acids is 3. The summed E-state index contributed by atoms with van der Waals surface area (Å²) in [6.07, 6.45) is 2.70. The first kappa shape index (κ1) is 29.7. The molecule has 2 N–H and O–H groups in total. The summed E-state index contributed by atoms with van der Waals surface area (Å²) in [5, 5.41) is 5.98. The minimum Gasteiger partial charge on any atom is -0.444 e. The average Bonchev–Trinajstić information content (AvgIpc) is 3.49. The minimum absolute atomic E-state index is 0.00589.